The molecular weight excluding hydrogens is 407 g/mol. The molecule has 146 valence electrons. The highest BCUT2D eigenvalue weighted by atomic mass is 32.2. The molecule has 28 heavy (non-hydrogen) atoms. The lowest BCUT2D eigenvalue weighted by Crippen LogP contribution is -2.20. The lowest BCUT2D eigenvalue weighted by atomic mass is 10.2. The number of anilines is 1. The standard InChI is InChI=1S/C16H15FN6O3S2/c1-9-14(23(25)26)10(2)22(21-9)7-13(24)18-15-19-20-16(28-15)27-8-11-3-5-12(17)6-4-11/h3-6H,7-8H2,1-2H3,(H,18,19,24). The van der Waals surface area contributed by atoms with Crippen molar-refractivity contribution >= 4 is 39.8 Å². The molecule has 0 saturated heterocycles. The fraction of sp³-hybridized carbons (Fsp3) is 0.250. The lowest BCUT2D eigenvalue weighted by molar-refractivity contribution is -0.386. The second kappa shape index (κ2) is 8.44. The minimum Gasteiger partial charge on any atom is -0.299 e. The van der Waals surface area contributed by atoms with Crippen LogP contribution in [0.25, 0.3) is 0 Å². The van der Waals surface area contributed by atoms with Crippen molar-refractivity contribution < 1.29 is 14.1 Å². The Morgan fingerprint density at radius 2 is 2.04 bits per heavy atom. The maximum Gasteiger partial charge on any atom is 0.312 e. The molecule has 0 aliphatic rings. The van der Waals surface area contributed by atoms with Gasteiger partial charge in [0.05, 0.1) is 4.92 Å². The molecule has 2 aromatic heterocycles. The van der Waals surface area contributed by atoms with E-state index in [9.17, 15) is 19.3 Å². The summed E-state index contributed by atoms with van der Waals surface area (Å²) in [5, 5.41) is 25.9. The third-order valence-electron chi connectivity index (χ3n) is 3.75. The number of rotatable bonds is 7. The van der Waals surface area contributed by atoms with Crippen molar-refractivity contribution in [2.24, 2.45) is 0 Å². The molecule has 0 spiro atoms. The number of halogens is 1. The van der Waals surface area contributed by atoms with Gasteiger partial charge in [-0.05, 0) is 31.5 Å². The number of nitrogens with zero attached hydrogens (tertiary/aromatic N) is 5. The van der Waals surface area contributed by atoms with Crippen molar-refractivity contribution in [3.8, 4) is 0 Å². The summed E-state index contributed by atoms with van der Waals surface area (Å²) in [6.45, 7) is 2.90. The van der Waals surface area contributed by atoms with Crippen LogP contribution in [0.15, 0.2) is 28.6 Å². The highest BCUT2D eigenvalue weighted by molar-refractivity contribution is 8.00. The fourth-order valence-electron chi connectivity index (χ4n) is 2.44. The Bertz CT molecular complexity index is 1020. The van der Waals surface area contributed by atoms with Crippen LogP contribution in [0.1, 0.15) is 17.0 Å². The van der Waals surface area contributed by atoms with E-state index in [1.165, 1.54) is 46.8 Å². The van der Waals surface area contributed by atoms with Gasteiger partial charge in [-0.25, -0.2) is 4.39 Å². The van der Waals surface area contributed by atoms with E-state index in [1.54, 1.807) is 19.1 Å². The van der Waals surface area contributed by atoms with Gasteiger partial charge in [0, 0.05) is 5.75 Å². The van der Waals surface area contributed by atoms with Crippen LogP contribution in [0, 0.1) is 29.8 Å². The maximum absolute atomic E-state index is 12.9. The first-order valence-corrected chi connectivity index (χ1v) is 9.82. The Hall–Kier alpha value is -2.86. The minimum atomic E-state index is -0.512. The van der Waals surface area contributed by atoms with Gasteiger partial charge in [-0.15, -0.1) is 10.2 Å². The van der Waals surface area contributed by atoms with Gasteiger partial charge in [0.1, 0.15) is 23.7 Å². The molecule has 9 nitrogen and oxygen atoms in total. The van der Waals surface area contributed by atoms with Crippen LogP contribution < -0.4 is 5.32 Å². The molecule has 0 radical (unpaired) electrons. The largest absolute Gasteiger partial charge is 0.312 e. The van der Waals surface area contributed by atoms with E-state index >= 15 is 0 Å². The third kappa shape index (κ3) is 4.70. The van der Waals surface area contributed by atoms with Gasteiger partial charge in [-0.3, -0.25) is 24.9 Å². The summed E-state index contributed by atoms with van der Waals surface area (Å²) in [6.07, 6.45) is 0. The number of carbonyl (C=O) groups is 1. The predicted octanol–water partition coefficient (Wildman–Crippen LogP) is 3.33. The molecule has 3 aromatic rings. The molecule has 12 heteroatoms. The molecule has 0 aliphatic heterocycles. The Morgan fingerprint density at radius 3 is 2.68 bits per heavy atom. The Balaban J connectivity index is 1.57. The van der Waals surface area contributed by atoms with Crippen LogP contribution in [0.3, 0.4) is 0 Å². The van der Waals surface area contributed by atoms with Crippen LogP contribution in [0.4, 0.5) is 15.2 Å². The van der Waals surface area contributed by atoms with Gasteiger partial charge in [0.2, 0.25) is 11.0 Å². The van der Waals surface area contributed by atoms with E-state index in [2.05, 4.69) is 20.6 Å². The number of aryl methyl sites for hydroxylation is 1. The number of amides is 1. The lowest BCUT2D eigenvalue weighted by Gasteiger charge is -2.03. The molecule has 1 aromatic carbocycles. The summed E-state index contributed by atoms with van der Waals surface area (Å²) in [6, 6.07) is 6.18. The molecule has 1 amide bonds. The van der Waals surface area contributed by atoms with E-state index in [0.717, 1.165) is 5.56 Å². The molecule has 0 bridgehead atoms. The number of carbonyl (C=O) groups excluding carboxylic acids is 1. The maximum atomic E-state index is 12.9. The van der Waals surface area contributed by atoms with Gasteiger partial charge < -0.3 is 0 Å². The number of hydrogen-bond acceptors (Lipinski definition) is 8. The third-order valence-corrected chi connectivity index (χ3v) is 5.79. The van der Waals surface area contributed by atoms with Crippen LogP contribution in [0.5, 0.6) is 0 Å². The van der Waals surface area contributed by atoms with Crippen molar-refractivity contribution in [1.82, 2.24) is 20.0 Å². The zero-order valence-corrected chi connectivity index (χ0v) is 16.5. The number of hydrogen-bond donors (Lipinski definition) is 1. The second-order valence-corrected chi connectivity index (χ2v) is 7.97. The highest BCUT2D eigenvalue weighted by Crippen LogP contribution is 2.28. The van der Waals surface area contributed by atoms with Crippen molar-refractivity contribution in [3.63, 3.8) is 0 Å². The first-order chi connectivity index (χ1) is 13.3. The minimum absolute atomic E-state index is 0.0943. The smallest absolute Gasteiger partial charge is 0.299 e. The molecule has 0 fully saturated rings. The number of thioether (sulfide) groups is 1. The summed E-state index contributed by atoms with van der Waals surface area (Å²) in [5.41, 5.74) is 1.41. The average molecular weight is 422 g/mol. The van der Waals surface area contributed by atoms with Crippen molar-refractivity contribution in [2.75, 3.05) is 5.32 Å². The number of nitro groups is 1. The van der Waals surface area contributed by atoms with Crippen molar-refractivity contribution in [2.45, 2.75) is 30.5 Å². The molecule has 0 aliphatic carbocycles. The first-order valence-electron chi connectivity index (χ1n) is 8.02. The fourth-order valence-corrected chi connectivity index (χ4v) is 4.17. The monoisotopic (exact) mass is 422 g/mol. The normalized spacial score (nSPS) is 10.8. The summed E-state index contributed by atoms with van der Waals surface area (Å²) < 4.78 is 14.9. The van der Waals surface area contributed by atoms with E-state index in [4.69, 9.17) is 0 Å². The van der Waals surface area contributed by atoms with Gasteiger partial charge in [0.15, 0.2) is 4.34 Å². The summed E-state index contributed by atoms with van der Waals surface area (Å²) >= 11 is 2.63. The molecule has 0 unspecified atom stereocenters. The highest BCUT2D eigenvalue weighted by Gasteiger charge is 2.23. The van der Waals surface area contributed by atoms with Gasteiger partial charge in [0.25, 0.3) is 0 Å². The zero-order valence-electron chi connectivity index (χ0n) is 14.9. The molecule has 1 N–H and O–H groups in total. The van der Waals surface area contributed by atoms with Crippen molar-refractivity contribution in [3.05, 3.63) is 57.1 Å². The average Bonchev–Trinajstić information content (AvgIpc) is 3.18. The Kier molecular flexibility index (Phi) is 5.99. The van der Waals surface area contributed by atoms with Gasteiger partial charge >= 0.3 is 5.69 Å². The topological polar surface area (TPSA) is 116 Å². The van der Waals surface area contributed by atoms with Gasteiger partial charge in [-0.2, -0.15) is 5.10 Å². The number of aromatic nitrogens is 4. The van der Waals surface area contributed by atoms with E-state index < -0.39 is 10.8 Å². The van der Waals surface area contributed by atoms with E-state index in [0.29, 0.717) is 20.9 Å². The van der Waals surface area contributed by atoms with Crippen LogP contribution in [-0.2, 0) is 17.1 Å². The Labute approximate surface area is 167 Å². The second-order valence-electron chi connectivity index (χ2n) is 5.77. The predicted molar refractivity (Wildman–Crippen MR) is 103 cm³/mol. The quantitative estimate of drug-likeness (QED) is 0.269. The van der Waals surface area contributed by atoms with E-state index in [1.807, 2.05) is 0 Å². The number of benzene rings is 1. The molecule has 2 heterocycles. The molecule has 3 rings (SSSR count). The molecular formula is C16H15FN6O3S2. The SMILES string of the molecule is Cc1nn(CC(=O)Nc2nnc(SCc3ccc(F)cc3)s2)c(C)c1[N+](=O)[O-]. The Morgan fingerprint density at radius 1 is 1.32 bits per heavy atom. The van der Waals surface area contributed by atoms with Crippen LogP contribution in [0.2, 0.25) is 0 Å². The van der Waals surface area contributed by atoms with Crippen LogP contribution in [-0.4, -0.2) is 30.8 Å². The molecule has 0 atom stereocenters. The van der Waals surface area contributed by atoms with Crippen LogP contribution >= 0.6 is 23.1 Å². The van der Waals surface area contributed by atoms with E-state index in [-0.39, 0.29) is 23.7 Å². The molecule has 0 saturated carbocycles. The zero-order chi connectivity index (χ0) is 20.3. The number of nitrogens with one attached hydrogen (secondary N) is 1. The van der Waals surface area contributed by atoms with Gasteiger partial charge in [-0.1, -0.05) is 35.2 Å². The summed E-state index contributed by atoms with van der Waals surface area (Å²) in [4.78, 5) is 22.7. The first kappa shape index (κ1) is 19.9. The van der Waals surface area contributed by atoms with Crippen molar-refractivity contribution in [1.29, 1.82) is 0 Å². The summed E-state index contributed by atoms with van der Waals surface area (Å²) in [7, 11) is 0. The summed E-state index contributed by atoms with van der Waals surface area (Å²) in [5.74, 6) is -0.104.